The first-order chi connectivity index (χ1) is 15.1. The lowest BCUT2D eigenvalue weighted by Crippen LogP contribution is -2.03. The topological polar surface area (TPSA) is 46.5 Å². The maximum absolute atomic E-state index is 13.4. The van der Waals surface area contributed by atoms with Crippen molar-refractivity contribution in [3.8, 4) is 16.9 Å². The Morgan fingerprint density at radius 3 is 2.42 bits per heavy atom. The van der Waals surface area contributed by atoms with Crippen LogP contribution < -0.4 is 4.74 Å². The minimum Gasteiger partial charge on any atom is -0.493 e. The molecule has 0 aliphatic carbocycles. The van der Waals surface area contributed by atoms with Crippen molar-refractivity contribution < 1.29 is 19.0 Å². The molecule has 4 aromatic rings. The molecule has 0 bridgehead atoms. The third kappa shape index (κ3) is 5.28. The van der Waals surface area contributed by atoms with E-state index in [0.717, 1.165) is 38.8 Å². The summed E-state index contributed by atoms with van der Waals surface area (Å²) in [6.07, 6.45) is 1.13. The molecule has 0 aromatic heterocycles. The lowest BCUT2D eigenvalue weighted by atomic mass is 9.97. The first-order valence-corrected chi connectivity index (χ1v) is 10.3. The predicted octanol–water partition coefficient (Wildman–Crippen LogP) is 6.28. The summed E-state index contributed by atoms with van der Waals surface area (Å²) in [6, 6.07) is 26.7. The fraction of sp³-hybridized carbons (Fsp3) is 0.148. The number of carboxylic acid groups (broad SMARTS) is 1. The van der Waals surface area contributed by atoms with Gasteiger partial charge in [0.1, 0.15) is 11.6 Å². The molecule has 0 saturated heterocycles. The summed E-state index contributed by atoms with van der Waals surface area (Å²) in [4.78, 5) is 11.0. The van der Waals surface area contributed by atoms with Crippen molar-refractivity contribution in [2.75, 3.05) is 6.61 Å². The average molecular weight is 414 g/mol. The molecule has 31 heavy (non-hydrogen) atoms. The van der Waals surface area contributed by atoms with Crippen LogP contribution in [0.5, 0.6) is 5.75 Å². The van der Waals surface area contributed by atoms with Crippen molar-refractivity contribution in [2.45, 2.75) is 19.3 Å². The molecule has 0 aliphatic heterocycles. The van der Waals surface area contributed by atoms with E-state index < -0.39 is 5.97 Å². The van der Waals surface area contributed by atoms with Crippen LogP contribution in [0, 0.1) is 5.82 Å². The highest BCUT2D eigenvalue weighted by atomic mass is 19.1. The average Bonchev–Trinajstić information content (AvgIpc) is 2.78. The summed E-state index contributed by atoms with van der Waals surface area (Å²) in [5.41, 5.74) is 3.76. The monoisotopic (exact) mass is 414 g/mol. The molecule has 0 unspecified atom stereocenters. The van der Waals surface area contributed by atoms with Gasteiger partial charge in [-0.2, -0.15) is 0 Å². The summed E-state index contributed by atoms with van der Waals surface area (Å²) in [5.74, 6) is -0.342. The molecule has 1 N–H and O–H groups in total. The quantitative estimate of drug-likeness (QED) is 0.369. The molecule has 4 aromatic carbocycles. The second-order valence-corrected chi connectivity index (χ2v) is 7.51. The molecular weight excluding hydrogens is 391 g/mol. The first-order valence-electron chi connectivity index (χ1n) is 10.3. The highest BCUT2D eigenvalue weighted by Gasteiger charge is 2.10. The smallest absolute Gasteiger partial charge is 0.303 e. The van der Waals surface area contributed by atoms with Crippen LogP contribution in [0.25, 0.3) is 21.9 Å². The number of carboxylic acids is 1. The Balaban J connectivity index is 1.62. The minimum atomic E-state index is -0.817. The van der Waals surface area contributed by atoms with Crippen LogP contribution in [0.4, 0.5) is 4.39 Å². The summed E-state index contributed by atoms with van der Waals surface area (Å²) in [7, 11) is 0. The second kappa shape index (κ2) is 9.43. The maximum Gasteiger partial charge on any atom is 0.303 e. The fourth-order valence-electron chi connectivity index (χ4n) is 3.66. The third-order valence-corrected chi connectivity index (χ3v) is 5.27. The Morgan fingerprint density at radius 1 is 0.806 bits per heavy atom. The van der Waals surface area contributed by atoms with Crippen LogP contribution in [-0.4, -0.2) is 17.7 Å². The van der Waals surface area contributed by atoms with E-state index in [1.807, 2.05) is 36.4 Å². The van der Waals surface area contributed by atoms with E-state index in [0.29, 0.717) is 19.4 Å². The van der Waals surface area contributed by atoms with Gasteiger partial charge in [0, 0.05) is 18.4 Å². The Kier molecular flexibility index (Phi) is 6.27. The van der Waals surface area contributed by atoms with Crippen LogP contribution in [0.3, 0.4) is 0 Å². The van der Waals surface area contributed by atoms with Gasteiger partial charge in [-0.05, 0) is 64.2 Å². The molecule has 0 spiro atoms. The first kappa shape index (κ1) is 20.6. The number of benzene rings is 4. The SMILES string of the molecule is O=C(O)CCc1ccc(OCCc2cccc(F)c2)c(-c2ccc3ccccc3c2)c1. The summed E-state index contributed by atoms with van der Waals surface area (Å²) < 4.78 is 19.5. The van der Waals surface area contributed by atoms with Gasteiger partial charge in [-0.1, -0.05) is 54.6 Å². The van der Waals surface area contributed by atoms with E-state index in [1.165, 1.54) is 12.1 Å². The van der Waals surface area contributed by atoms with Gasteiger partial charge in [-0.15, -0.1) is 0 Å². The molecule has 0 fully saturated rings. The van der Waals surface area contributed by atoms with Gasteiger partial charge in [0.05, 0.1) is 6.61 Å². The van der Waals surface area contributed by atoms with Crippen LogP contribution >= 0.6 is 0 Å². The normalized spacial score (nSPS) is 10.9. The standard InChI is InChI=1S/C27H23FO3/c28-24-7-3-4-19(16-24)14-15-31-26-12-8-20(9-13-27(29)30)17-25(26)23-11-10-21-5-1-2-6-22(21)18-23/h1-8,10-12,16-18H,9,13-15H2,(H,29,30). The van der Waals surface area contributed by atoms with E-state index in [1.54, 1.807) is 6.07 Å². The zero-order valence-electron chi connectivity index (χ0n) is 17.1. The number of hydrogen-bond donors (Lipinski definition) is 1. The van der Waals surface area contributed by atoms with Crippen LogP contribution in [0.2, 0.25) is 0 Å². The van der Waals surface area contributed by atoms with Gasteiger partial charge in [-0.25, -0.2) is 4.39 Å². The van der Waals surface area contributed by atoms with Crippen molar-refractivity contribution in [1.82, 2.24) is 0 Å². The van der Waals surface area contributed by atoms with Crippen LogP contribution in [-0.2, 0) is 17.6 Å². The van der Waals surface area contributed by atoms with Crippen molar-refractivity contribution in [1.29, 1.82) is 0 Å². The van der Waals surface area contributed by atoms with Crippen LogP contribution in [0.1, 0.15) is 17.5 Å². The fourth-order valence-corrected chi connectivity index (χ4v) is 3.66. The van der Waals surface area contributed by atoms with Crippen LogP contribution in [0.15, 0.2) is 84.9 Å². The van der Waals surface area contributed by atoms with Crippen molar-refractivity contribution in [2.24, 2.45) is 0 Å². The third-order valence-electron chi connectivity index (χ3n) is 5.27. The van der Waals surface area contributed by atoms with Crippen molar-refractivity contribution in [3.05, 3.63) is 102 Å². The van der Waals surface area contributed by atoms with E-state index >= 15 is 0 Å². The lowest BCUT2D eigenvalue weighted by molar-refractivity contribution is -0.136. The Morgan fingerprint density at radius 2 is 1.61 bits per heavy atom. The van der Waals surface area contributed by atoms with Gasteiger partial charge >= 0.3 is 5.97 Å². The lowest BCUT2D eigenvalue weighted by Gasteiger charge is -2.14. The van der Waals surface area contributed by atoms with E-state index in [4.69, 9.17) is 9.84 Å². The van der Waals surface area contributed by atoms with Gasteiger partial charge in [0.2, 0.25) is 0 Å². The number of halogens is 1. The number of fused-ring (bicyclic) bond motifs is 1. The molecule has 156 valence electrons. The number of hydrogen-bond acceptors (Lipinski definition) is 2. The van der Waals surface area contributed by atoms with Gasteiger partial charge < -0.3 is 9.84 Å². The minimum absolute atomic E-state index is 0.0803. The molecule has 0 atom stereocenters. The number of aryl methyl sites for hydroxylation is 1. The summed E-state index contributed by atoms with van der Waals surface area (Å²) >= 11 is 0. The summed E-state index contributed by atoms with van der Waals surface area (Å²) in [6.45, 7) is 0.415. The molecule has 0 heterocycles. The molecular formula is C27H23FO3. The maximum atomic E-state index is 13.4. The largest absolute Gasteiger partial charge is 0.493 e. The molecule has 0 aliphatic rings. The predicted molar refractivity (Wildman–Crippen MR) is 121 cm³/mol. The van der Waals surface area contributed by atoms with E-state index in [2.05, 4.69) is 30.3 Å². The van der Waals surface area contributed by atoms with Gasteiger partial charge in [0.25, 0.3) is 0 Å². The molecule has 4 rings (SSSR count). The highest BCUT2D eigenvalue weighted by Crippen LogP contribution is 2.33. The summed E-state index contributed by atoms with van der Waals surface area (Å²) in [5, 5.41) is 11.3. The van der Waals surface area contributed by atoms with E-state index in [9.17, 15) is 9.18 Å². The molecule has 4 heteroatoms. The second-order valence-electron chi connectivity index (χ2n) is 7.51. The Hall–Kier alpha value is -3.66. The van der Waals surface area contributed by atoms with Gasteiger partial charge in [0.15, 0.2) is 0 Å². The number of carbonyl (C=O) groups is 1. The number of ether oxygens (including phenoxy) is 1. The van der Waals surface area contributed by atoms with Crippen molar-refractivity contribution >= 4 is 16.7 Å². The molecule has 3 nitrogen and oxygen atoms in total. The van der Waals surface area contributed by atoms with E-state index in [-0.39, 0.29) is 12.2 Å². The molecule has 0 amide bonds. The number of rotatable bonds is 8. The Labute approximate surface area is 180 Å². The zero-order valence-corrected chi connectivity index (χ0v) is 17.1. The number of aliphatic carboxylic acids is 1. The molecule has 0 radical (unpaired) electrons. The highest BCUT2D eigenvalue weighted by molar-refractivity contribution is 5.88. The Bertz CT molecular complexity index is 1220. The van der Waals surface area contributed by atoms with Crippen molar-refractivity contribution in [3.63, 3.8) is 0 Å². The molecule has 0 saturated carbocycles. The zero-order chi connectivity index (χ0) is 21.6. The van der Waals surface area contributed by atoms with Gasteiger partial charge in [-0.3, -0.25) is 4.79 Å².